The molecule has 0 aromatic carbocycles. The van der Waals surface area contributed by atoms with E-state index in [0.29, 0.717) is 23.9 Å². The van der Waals surface area contributed by atoms with E-state index in [0.717, 1.165) is 37.6 Å². The van der Waals surface area contributed by atoms with E-state index >= 15 is 0 Å². The number of amides is 1. The molecular formula is C17H28N4OS. The molecule has 3 heterocycles. The summed E-state index contributed by atoms with van der Waals surface area (Å²) in [7, 11) is 4.27. The quantitative estimate of drug-likeness (QED) is 0.845. The first kappa shape index (κ1) is 16.7. The lowest BCUT2D eigenvalue weighted by atomic mass is 9.91. The normalized spacial score (nSPS) is 27.8. The fraction of sp³-hybridized carbons (Fsp3) is 0.765. The molecule has 5 nitrogen and oxygen atoms in total. The first-order valence-electron chi connectivity index (χ1n) is 8.58. The van der Waals surface area contributed by atoms with Crippen molar-refractivity contribution >= 4 is 22.4 Å². The van der Waals surface area contributed by atoms with Crippen molar-refractivity contribution in [1.82, 2.24) is 14.8 Å². The van der Waals surface area contributed by atoms with Crippen molar-refractivity contribution in [3.63, 3.8) is 0 Å². The van der Waals surface area contributed by atoms with Crippen LogP contribution in [0.1, 0.15) is 26.7 Å². The van der Waals surface area contributed by atoms with Crippen LogP contribution in [0.4, 0.5) is 5.13 Å². The smallest absolute Gasteiger partial charge is 0.225 e. The number of likely N-dealkylation sites (N-methyl/N-ethyl adjacent to an activating group) is 1. The molecule has 2 unspecified atom stereocenters. The third-order valence-electron chi connectivity index (χ3n) is 5.04. The lowest BCUT2D eigenvalue weighted by Crippen LogP contribution is -2.50. The standard InChI is InChI=1S/C17H28N4OS/c1-12(2)16(22)20-7-5-15-13(10-20)9-14(11-19(3)4)21(15)17-18-6-8-23-17/h6,8,12-15H,5,7,9-11H2,1-4H3/t13?,14-,15?/m0/s1. The molecule has 3 atom stereocenters. The van der Waals surface area contributed by atoms with Crippen molar-refractivity contribution in [2.45, 2.75) is 38.8 Å². The van der Waals surface area contributed by atoms with Gasteiger partial charge in [-0.1, -0.05) is 13.8 Å². The molecule has 2 aliphatic heterocycles. The van der Waals surface area contributed by atoms with Crippen molar-refractivity contribution in [3.8, 4) is 0 Å². The Kier molecular flexibility index (Phi) is 4.92. The van der Waals surface area contributed by atoms with E-state index in [1.807, 2.05) is 20.0 Å². The summed E-state index contributed by atoms with van der Waals surface area (Å²) in [5.74, 6) is 0.973. The van der Waals surface area contributed by atoms with Crippen LogP contribution in [0.2, 0.25) is 0 Å². The Morgan fingerprint density at radius 1 is 1.48 bits per heavy atom. The van der Waals surface area contributed by atoms with Crippen LogP contribution in [-0.4, -0.2) is 66.5 Å². The Morgan fingerprint density at radius 3 is 2.87 bits per heavy atom. The lowest BCUT2D eigenvalue weighted by molar-refractivity contribution is -0.136. The number of likely N-dealkylation sites (tertiary alicyclic amines) is 1. The minimum absolute atomic E-state index is 0.0978. The summed E-state index contributed by atoms with van der Waals surface area (Å²) in [6.07, 6.45) is 4.12. The lowest BCUT2D eigenvalue weighted by Gasteiger charge is -2.39. The zero-order valence-corrected chi connectivity index (χ0v) is 15.4. The first-order chi connectivity index (χ1) is 11.0. The first-order valence-corrected chi connectivity index (χ1v) is 9.46. The van der Waals surface area contributed by atoms with Gasteiger partial charge in [-0.05, 0) is 32.9 Å². The van der Waals surface area contributed by atoms with Crippen molar-refractivity contribution in [3.05, 3.63) is 11.6 Å². The number of rotatable bonds is 4. The van der Waals surface area contributed by atoms with Crippen LogP contribution in [0.15, 0.2) is 11.6 Å². The Balaban J connectivity index is 1.77. The van der Waals surface area contributed by atoms with Crippen LogP contribution in [-0.2, 0) is 4.79 Å². The Morgan fingerprint density at radius 2 is 2.26 bits per heavy atom. The molecule has 23 heavy (non-hydrogen) atoms. The molecule has 0 saturated carbocycles. The molecule has 0 N–H and O–H groups in total. The third kappa shape index (κ3) is 3.38. The van der Waals surface area contributed by atoms with E-state index in [2.05, 4.69) is 39.2 Å². The van der Waals surface area contributed by atoms with E-state index in [9.17, 15) is 4.79 Å². The third-order valence-corrected chi connectivity index (χ3v) is 5.83. The number of piperidine rings is 1. The SMILES string of the molecule is CC(C)C(=O)N1CCC2C(C[C@@H](CN(C)C)N2c2nccs2)C1. The van der Waals surface area contributed by atoms with Gasteiger partial charge in [-0.2, -0.15) is 0 Å². The van der Waals surface area contributed by atoms with Gasteiger partial charge >= 0.3 is 0 Å². The minimum atomic E-state index is 0.0978. The predicted octanol–water partition coefficient (Wildman–Crippen LogP) is 2.16. The molecule has 2 aliphatic rings. The highest BCUT2D eigenvalue weighted by Crippen LogP contribution is 2.40. The number of anilines is 1. The van der Waals surface area contributed by atoms with E-state index in [1.165, 1.54) is 0 Å². The maximum absolute atomic E-state index is 12.3. The van der Waals surface area contributed by atoms with Gasteiger partial charge in [0, 0.05) is 49.2 Å². The Bertz CT molecular complexity index is 531. The average Bonchev–Trinajstić information content (AvgIpc) is 3.11. The van der Waals surface area contributed by atoms with Crippen LogP contribution < -0.4 is 4.90 Å². The van der Waals surface area contributed by atoms with Crippen LogP contribution in [0.3, 0.4) is 0 Å². The molecule has 128 valence electrons. The summed E-state index contributed by atoms with van der Waals surface area (Å²) in [6.45, 7) is 6.84. The molecule has 6 heteroatoms. The summed E-state index contributed by atoms with van der Waals surface area (Å²) in [5.41, 5.74) is 0. The molecule has 1 aromatic heterocycles. The summed E-state index contributed by atoms with van der Waals surface area (Å²) in [5, 5.41) is 3.21. The van der Waals surface area contributed by atoms with Gasteiger partial charge in [-0.25, -0.2) is 4.98 Å². The number of hydrogen-bond donors (Lipinski definition) is 0. The molecule has 2 saturated heterocycles. The topological polar surface area (TPSA) is 39.7 Å². The molecule has 2 fully saturated rings. The number of hydrogen-bond acceptors (Lipinski definition) is 5. The summed E-state index contributed by atoms with van der Waals surface area (Å²) in [6, 6.07) is 1.03. The van der Waals surface area contributed by atoms with Crippen molar-refractivity contribution < 1.29 is 4.79 Å². The molecule has 0 aliphatic carbocycles. The summed E-state index contributed by atoms with van der Waals surface area (Å²) >= 11 is 1.73. The molecule has 0 spiro atoms. The fourth-order valence-corrected chi connectivity index (χ4v) is 4.91. The van der Waals surface area contributed by atoms with Gasteiger partial charge in [0.25, 0.3) is 0 Å². The second-order valence-electron chi connectivity index (χ2n) is 7.43. The maximum atomic E-state index is 12.3. The molecule has 3 rings (SSSR count). The largest absolute Gasteiger partial charge is 0.342 e. The van der Waals surface area contributed by atoms with Crippen molar-refractivity contribution in [1.29, 1.82) is 0 Å². The zero-order chi connectivity index (χ0) is 16.6. The Labute approximate surface area is 143 Å². The predicted molar refractivity (Wildman–Crippen MR) is 94.9 cm³/mol. The van der Waals surface area contributed by atoms with Crippen LogP contribution >= 0.6 is 11.3 Å². The van der Waals surface area contributed by atoms with Gasteiger partial charge in [0.2, 0.25) is 5.91 Å². The van der Waals surface area contributed by atoms with Crippen LogP contribution in [0.25, 0.3) is 0 Å². The maximum Gasteiger partial charge on any atom is 0.225 e. The van der Waals surface area contributed by atoms with Gasteiger partial charge in [0.05, 0.1) is 0 Å². The van der Waals surface area contributed by atoms with Crippen LogP contribution in [0.5, 0.6) is 0 Å². The molecule has 1 amide bonds. The minimum Gasteiger partial charge on any atom is -0.342 e. The van der Waals surface area contributed by atoms with Crippen molar-refractivity contribution in [2.75, 3.05) is 38.6 Å². The number of carbonyl (C=O) groups is 1. The highest BCUT2D eigenvalue weighted by molar-refractivity contribution is 7.13. The van der Waals surface area contributed by atoms with Crippen LogP contribution in [0, 0.1) is 11.8 Å². The second-order valence-corrected chi connectivity index (χ2v) is 8.30. The number of thiazole rings is 1. The van der Waals surface area contributed by atoms with Gasteiger partial charge in [0.15, 0.2) is 5.13 Å². The molecule has 1 aromatic rings. The van der Waals surface area contributed by atoms with Crippen molar-refractivity contribution in [2.24, 2.45) is 11.8 Å². The highest BCUT2D eigenvalue weighted by atomic mass is 32.1. The summed E-state index contributed by atoms with van der Waals surface area (Å²) < 4.78 is 0. The highest BCUT2D eigenvalue weighted by Gasteiger charge is 2.45. The van der Waals surface area contributed by atoms with E-state index in [-0.39, 0.29) is 5.92 Å². The van der Waals surface area contributed by atoms with E-state index in [1.54, 1.807) is 11.3 Å². The van der Waals surface area contributed by atoms with E-state index in [4.69, 9.17) is 0 Å². The molecular weight excluding hydrogens is 308 g/mol. The second kappa shape index (κ2) is 6.77. The average molecular weight is 337 g/mol. The molecule has 0 radical (unpaired) electrons. The fourth-order valence-electron chi connectivity index (χ4n) is 4.14. The number of fused-ring (bicyclic) bond motifs is 1. The zero-order valence-electron chi connectivity index (χ0n) is 14.6. The number of aromatic nitrogens is 1. The Hall–Kier alpha value is -1.14. The van der Waals surface area contributed by atoms with Gasteiger partial charge in [0.1, 0.15) is 0 Å². The summed E-state index contributed by atoms with van der Waals surface area (Å²) in [4.78, 5) is 23.8. The molecule has 0 bridgehead atoms. The van der Waals surface area contributed by atoms with Gasteiger partial charge < -0.3 is 14.7 Å². The number of carbonyl (C=O) groups excluding carboxylic acids is 1. The monoisotopic (exact) mass is 336 g/mol. The van der Waals surface area contributed by atoms with E-state index < -0.39 is 0 Å². The number of nitrogens with zero attached hydrogens (tertiary/aromatic N) is 4. The van der Waals surface area contributed by atoms with Gasteiger partial charge in [-0.3, -0.25) is 4.79 Å². The van der Waals surface area contributed by atoms with Gasteiger partial charge in [-0.15, -0.1) is 11.3 Å².